The van der Waals surface area contributed by atoms with E-state index in [0.29, 0.717) is 16.5 Å². The van der Waals surface area contributed by atoms with Crippen LogP contribution in [0.3, 0.4) is 0 Å². The van der Waals surface area contributed by atoms with Gasteiger partial charge in [-0.2, -0.15) is 5.26 Å². The smallest absolute Gasteiger partial charge is 0.252 e. The van der Waals surface area contributed by atoms with Crippen molar-refractivity contribution in [2.24, 2.45) is 0 Å². The number of nitrogens with zero attached hydrogens (tertiary/aromatic N) is 3. The van der Waals surface area contributed by atoms with Crippen LogP contribution >= 0.6 is 0 Å². The zero-order valence-corrected chi connectivity index (χ0v) is 14.4. The van der Waals surface area contributed by atoms with E-state index in [0.717, 1.165) is 4.43 Å². The Morgan fingerprint density at radius 1 is 1.44 bits per heavy atom. The van der Waals surface area contributed by atoms with Gasteiger partial charge in [-0.3, -0.25) is 14.6 Å². The SMILES string of the molecule is N#C[C@@H]1CC(F)CN1C(=O)CNC(=O)c1ccnc2c[c]([Al])ccc12. The number of halogens is 1. The van der Waals surface area contributed by atoms with Crippen molar-refractivity contribution in [3.05, 3.63) is 36.0 Å². The fraction of sp³-hybridized carbons (Fsp3) is 0.294. The maximum absolute atomic E-state index is 13.4. The molecule has 1 aliphatic heterocycles. The molecule has 25 heavy (non-hydrogen) atoms. The molecule has 6 nitrogen and oxygen atoms in total. The first-order valence-electron chi connectivity index (χ1n) is 7.75. The average Bonchev–Trinajstić information content (AvgIpc) is 2.99. The molecule has 1 N–H and O–H groups in total. The number of nitriles is 1. The Labute approximate surface area is 152 Å². The number of hydrogen-bond donors (Lipinski definition) is 1. The number of pyridine rings is 1. The molecule has 124 valence electrons. The molecule has 1 aliphatic rings. The Balaban J connectivity index is 1.71. The number of nitrogens with one attached hydrogen (secondary N) is 1. The molecule has 1 fully saturated rings. The Hall–Kier alpha value is -2.48. The normalized spacial score (nSPS) is 19.6. The third-order valence-corrected chi connectivity index (χ3v) is 4.49. The van der Waals surface area contributed by atoms with Crippen LogP contribution in [0.1, 0.15) is 16.8 Å². The second-order valence-electron chi connectivity index (χ2n) is 5.84. The summed E-state index contributed by atoms with van der Waals surface area (Å²) in [5.41, 5.74) is 1.08. The van der Waals surface area contributed by atoms with Crippen LogP contribution in [0.25, 0.3) is 10.9 Å². The van der Waals surface area contributed by atoms with E-state index in [-0.39, 0.29) is 19.5 Å². The van der Waals surface area contributed by atoms with Crippen molar-refractivity contribution < 1.29 is 14.0 Å². The number of hydrogen-bond acceptors (Lipinski definition) is 4. The number of alkyl halides is 1. The topological polar surface area (TPSA) is 86.1 Å². The Morgan fingerprint density at radius 3 is 3.00 bits per heavy atom. The standard InChI is InChI=1S/C17H14FN4O2.Al/c18-11-7-12(8-19)22(10-11)16(23)9-21-17(24)14-5-6-20-15-4-2-1-3-13(14)15;/h1,3-6,11-12H,7,9-10H2,(H,21,24);/t11?,12-;/m0./s1. The predicted octanol–water partition coefficient (Wildman–Crippen LogP) is 0.221. The maximum atomic E-state index is 13.4. The van der Waals surface area contributed by atoms with Crippen LogP contribution < -0.4 is 9.74 Å². The van der Waals surface area contributed by atoms with Gasteiger partial charge in [-0.15, -0.1) is 4.43 Å². The number of carbonyl (C=O) groups is 2. The fourth-order valence-electron chi connectivity index (χ4n) is 2.90. The Kier molecular flexibility index (Phi) is 4.99. The van der Waals surface area contributed by atoms with Gasteiger partial charge in [-0.05, 0) is 6.07 Å². The zero-order valence-electron chi connectivity index (χ0n) is 13.3. The summed E-state index contributed by atoms with van der Waals surface area (Å²) in [4.78, 5) is 30.0. The van der Waals surface area contributed by atoms with Crippen molar-refractivity contribution in [1.82, 2.24) is 15.2 Å². The first-order valence-corrected chi connectivity index (χ1v) is 8.33. The fourth-order valence-corrected chi connectivity index (χ4v) is 3.15. The molecule has 2 radical (unpaired) electrons. The molecule has 2 amide bonds. The molecule has 1 aromatic heterocycles. The van der Waals surface area contributed by atoms with E-state index >= 15 is 0 Å². The first kappa shape index (κ1) is 17.3. The van der Waals surface area contributed by atoms with E-state index in [2.05, 4.69) is 26.6 Å². The van der Waals surface area contributed by atoms with Crippen molar-refractivity contribution in [2.75, 3.05) is 13.1 Å². The molecule has 0 saturated carbocycles. The average molecular weight is 352 g/mol. The van der Waals surface area contributed by atoms with E-state index in [1.54, 1.807) is 12.1 Å². The van der Waals surface area contributed by atoms with Crippen LogP contribution in [-0.2, 0) is 4.79 Å². The van der Waals surface area contributed by atoms with Crippen molar-refractivity contribution in [1.29, 1.82) is 5.26 Å². The lowest BCUT2D eigenvalue weighted by Crippen LogP contribution is -2.42. The van der Waals surface area contributed by atoms with Crippen molar-refractivity contribution in [3.63, 3.8) is 0 Å². The van der Waals surface area contributed by atoms with Gasteiger partial charge in [0.2, 0.25) is 5.91 Å². The van der Waals surface area contributed by atoms with E-state index < -0.39 is 24.0 Å². The Bertz CT molecular complexity index is 883. The minimum atomic E-state index is -1.20. The predicted molar refractivity (Wildman–Crippen MR) is 90.1 cm³/mol. The van der Waals surface area contributed by atoms with Crippen LogP contribution in [-0.4, -0.2) is 63.3 Å². The monoisotopic (exact) mass is 352 g/mol. The van der Waals surface area contributed by atoms with E-state index in [1.807, 2.05) is 18.2 Å². The molecule has 2 atom stereocenters. The molecule has 2 aromatic rings. The highest BCUT2D eigenvalue weighted by molar-refractivity contribution is 6.33. The van der Waals surface area contributed by atoms with Gasteiger partial charge in [0.05, 0.1) is 30.2 Å². The zero-order chi connectivity index (χ0) is 18.0. The van der Waals surface area contributed by atoms with Crippen molar-refractivity contribution in [2.45, 2.75) is 18.6 Å². The minimum Gasteiger partial charge on any atom is -0.343 e. The largest absolute Gasteiger partial charge is 0.343 e. The third-order valence-electron chi connectivity index (χ3n) is 4.13. The molecule has 1 saturated heterocycles. The molecule has 8 heteroatoms. The molecule has 2 heterocycles. The highest BCUT2D eigenvalue weighted by atomic mass is 27.0. The number of fused-ring (bicyclic) bond motifs is 1. The van der Waals surface area contributed by atoms with Gasteiger partial charge < -0.3 is 10.2 Å². The number of likely N-dealkylation sites (tertiary alicyclic amines) is 1. The van der Waals surface area contributed by atoms with E-state index in [4.69, 9.17) is 5.26 Å². The first-order chi connectivity index (χ1) is 12.0. The van der Waals surface area contributed by atoms with E-state index in [1.165, 1.54) is 11.1 Å². The number of carbonyl (C=O) groups excluding carboxylic acids is 2. The van der Waals surface area contributed by atoms with Crippen molar-refractivity contribution in [3.8, 4) is 6.07 Å². The highest BCUT2D eigenvalue weighted by Crippen LogP contribution is 2.20. The summed E-state index contributed by atoms with van der Waals surface area (Å²) in [6, 6.07) is 8.20. The van der Waals surface area contributed by atoms with Gasteiger partial charge in [-0.1, -0.05) is 18.2 Å². The summed E-state index contributed by atoms with van der Waals surface area (Å²) < 4.78 is 14.4. The molecule has 0 spiro atoms. The number of rotatable bonds is 3. The summed E-state index contributed by atoms with van der Waals surface area (Å²) in [6.07, 6.45) is 0.348. The molecule has 1 unspecified atom stereocenters. The van der Waals surface area contributed by atoms with Crippen molar-refractivity contribution >= 4 is 43.4 Å². The summed E-state index contributed by atoms with van der Waals surface area (Å²) in [5, 5.41) is 12.2. The van der Waals surface area contributed by atoms with Crippen LogP contribution in [0.2, 0.25) is 0 Å². The molecule has 0 aliphatic carbocycles. The molecular weight excluding hydrogens is 338 g/mol. The minimum absolute atomic E-state index is 0.0164. The summed E-state index contributed by atoms with van der Waals surface area (Å²) in [6.45, 7) is -0.392. The molecule has 3 rings (SSSR count). The quantitative estimate of drug-likeness (QED) is 0.801. The molecule has 1 aromatic carbocycles. The molecular formula is C17H14AlFN4O2. The Morgan fingerprint density at radius 2 is 2.24 bits per heavy atom. The van der Waals surface area contributed by atoms with Gasteiger partial charge in [-0.25, -0.2) is 4.39 Å². The van der Waals surface area contributed by atoms with Gasteiger partial charge in [0.15, 0.2) is 16.3 Å². The van der Waals surface area contributed by atoms with Gasteiger partial charge >= 0.3 is 0 Å². The van der Waals surface area contributed by atoms with Crippen LogP contribution in [0.15, 0.2) is 30.5 Å². The van der Waals surface area contributed by atoms with E-state index in [9.17, 15) is 14.0 Å². The summed E-state index contributed by atoms with van der Waals surface area (Å²) in [7, 11) is 0. The van der Waals surface area contributed by atoms with Crippen LogP contribution in [0.5, 0.6) is 0 Å². The molecule has 0 bridgehead atoms. The van der Waals surface area contributed by atoms with Gasteiger partial charge in [0, 0.05) is 18.0 Å². The third kappa shape index (κ3) is 3.63. The number of aromatic nitrogens is 1. The van der Waals surface area contributed by atoms with Crippen LogP contribution in [0, 0.1) is 11.3 Å². The highest BCUT2D eigenvalue weighted by Gasteiger charge is 2.35. The lowest BCUT2D eigenvalue weighted by molar-refractivity contribution is -0.130. The summed E-state index contributed by atoms with van der Waals surface area (Å²) >= 11 is 2.57. The van der Waals surface area contributed by atoms with Gasteiger partial charge in [0.25, 0.3) is 5.91 Å². The second kappa shape index (κ2) is 7.18. The van der Waals surface area contributed by atoms with Gasteiger partial charge in [0.1, 0.15) is 12.2 Å². The number of amides is 2. The maximum Gasteiger partial charge on any atom is 0.252 e. The number of benzene rings is 1. The lowest BCUT2D eigenvalue weighted by atomic mass is 10.1. The lowest BCUT2D eigenvalue weighted by Gasteiger charge is -2.19. The second-order valence-corrected chi connectivity index (χ2v) is 6.51. The summed E-state index contributed by atoms with van der Waals surface area (Å²) in [5.74, 6) is -0.882. The van der Waals surface area contributed by atoms with Crippen LogP contribution in [0.4, 0.5) is 4.39 Å².